The number of carbonyl (C=O) groups excluding carboxylic acids is 2. The second-order valence-corrected chi connectivity index (χ2v) is 8.74. The summed E-state index contributed by atoms with van der Waals surface area (Å²) in [5.41, 5.74) is 1.55. The molecule has 3 unspecified atom stereocenters. The molecule has 0 aromatic carbocycles. The maximum Gasteiger partial charge on any atom is 0.310 e. The van der Waals surface area contributed by atoms with E-state index in [4.69, 9.17) is 4.74 Å². The van der Waals surface area contributed by atoms with Crippen LogP contribution in [-0.2, 0) is 19.1 Å². The van der Waals surface area contributed by atoms with Gasteiger partial charge in [0.25, 0.3) is 6.47 Å². The Hall–Kier alpha value is -1.65. The van der Waals surface area contributed by atoms with E-state index in [0.717, 1.165) is 31.3 Å². The number of hydrogen-bond acceptors (Lipinski definition) is 4. The molecule has 0 aromatic rings. The molecule has 140 valence electrons. The first-order valence-electron chi connectivity index (χ1n) is 9.17. The van der Waals surface area contributed by atoms with Gasteiger partial charge in [-0.1, -0.05) is 32.8 Å². The first kappa shape index (κ1) is 19.7. The Morgan fingerprint density at radius 2 is 2.04 bits per heavy atom. The molecule has 1 fully saturated rings. The summed E-state index contributed by atoms with van der Waals surface area (Å²) in [6, 6.07) is 0. The molecule has 0 amide bonds. The highest BCUT2D eigenvalue weighted by Crippen LogP contribution is 2.53. The van der Waals surface area contributed by atoms with Gasteiger partial charge in [-0.2, -0.15) is 0 Å². The molecule has 0 aliphatic heterocycles. The highest BCUT2D eigenvalue weighted by molar-refractivity contribution is 6.03. The van der Waals surface area contributed by atoms with Crippen molar-refractivity contribution < 1.29 is 24.2 Å². The van der Waals surface area contributed by atoms with Crippen LogP contribution in [0.3, 0.4) is 0 Å². The fourth-order valence-electron chi connectivity index (χ4n) is 4.94. The van der Waals surface area contributed by atoms with E-state index in [0.29, 0.717) is 24.9 Å². The molecule has 0 heterocycles. The molecule has 5 heteroatoms. The van der Waals surface area contributed by atoms with Crippen molar-refractivity contribution in [3.8, 4) is 0 Å². The normalized spacial score (nSPS) is 30.7. The zero-order valence-corrected chi connectivity index (χ0v) is 15.8. The molecule has 5 nitrogen and oxygen atoms in total. The van der Waals surface area contributed by atoms with Crippen LogP contribution in [-0.4, -0.2) is 29.9 Å². The van der Waals surface area contributed by atoms with Gasteiger partial charge in [-0.3, -0.25) is 14.4 Å². The molecule has 0 aromatic heterocycles. The van der Waals surface area contributed by atoms with Crippen LogP contribution in [0.5, 0.6) is 0 Å². The van der Waals surface area contributed by atoms with Gasteiger partial charge in [0.2, 0.25) is 0 Å². The highest BCUT2D eigenvalue weighted by atomic mass is 16.5. The van der Waals surface area contributed by atoms with Crippen molar-refractivity contribution in [3.63, 3.8) is 0 Å². The predicted octanol–water partition coefficient (Wildman–Crippen LogP) is 3.76. The summed E-state index contributed by atoms with van der Waals surface area (Å²) < 4.78 is 4.80. The minimum atomic E-state index is -0.975. The van der Waals surface area contributed by atoms with E-state index in [9.17, 15) is 19.5 Å². The smallest absolute Gasteiger partial charge is 0.310 e. The number of carbonyl (C=O) groups is 3. The van der Waals surface area contributed by atoms with Gasteiger partial charge in [-0.25, -0.2) is 0 Å². The number of carboxylic acid groups (broad SMARTS) is 1. The van der Waals surface area contributed by atoms with E-state index in [2.05, 4.69) is 20.8 Å². The van der Waals surface area contributed by atoms with Crippen LogP contribution in [0.15, 0.2) is 11.1 Å². The quantitative estimate of drug-likeness (QED) is 0.738. The molecule has 1 N–H and O–H groups in total. The maximum atomic E-state index is 13.0. The Morgan fingerprint density at radius 3 is 2.60 bits per heavy atom. The van der Waals surface area contributed by atoms with E-state index in [1.54, 1.807) is 6.92 Å². The molecular weight excluding hydrogens is 320 g/mol. The Labute approximate surface area is 149 Å². The van der Waals surface area contributed by atoms with E-state index in [1.165, 1.54) is 0 Å². The lowest BCUT2D eigenvalue weighted by molar-refractivity contribution is -0.142. The first-order valence-corrected chi connectivity index (χ1v) is 9.17. The molecule has 25 heavy (non-hydrogen) atoms. The van der Waals surface area contributed by atoms with Gasteiger partial charge in [-0.15, -0.1) is 0 Å². The van der Waals surface area contributed by atoms with Crippen molar-refractivity contribution in [1.82, 2.24) is 0 Å². The fourth-order valence-corrected chi connectivity index (χ4v) is 4.94. The number of hydrogen-bond donors (Lipinski definition) is 1. The van der Waals surface area contributed by atoms with Gasteiger partial charge < -0.3 is 9.84 Å². The van der Waals surface area contributed by atoms with Crippen LogP contribution >= 0.6 is 0 Å². The lowest BCUT2D eigenvalue weighted by Gasteiger charge is -2.47. The van der Waals surface area contributed by atoms with Crippen molar-refractivity contribution in [1.29, 1.82) is 0 Å². The molecule has 2 rings (SSSR count). The number of carboxylic acids is 1. The van der Waals surface area contributed by atoms with E-state index in [-0.39, 0.29) is 23.2 Å². The fraction of sp³-hybridized carbons (Fsp3) is 0.750. The minimum Gasteiger partial charge on any atom is -0.481 e. The Kier molecular flexibility index (Phi) is 5.75. The topological polar surface area (TPSA) is 80.7 Å². The molecule has 0 saturated heterocycles. The van der Waals surface area contributed by atoms with Crippen LogP contribution in [0, 0.1) is 22.7 Å². The van der Waals surface area contributed by atoms with Crippen molar-refractivity contribution in [2.75, 3.05) is 6.61 Å². The third-order valence-corrected chi connectivity index (χ3v) is 6.05. The average molecular weight is 350 g/mol. The zero-order chi connectivity index (χ0) is 18.8. The lowest BCUT2D eigenvalue weighted by atomic mass is 9.58. The van der Waals surface area contributed by atoms with Crippen LogP contribution in [0.2, 0.25) is 0 Å². The molecule has 3 atom stereocenters. The largest absolute Gasteiger partial charge is 0.481 e. The van der Waals surface area contributed by atoms with E-state index >= 15 is 0 Å². The molecule has 0 radical (unpaired) electrons. The van der Waals surface area contributed by atoms with Crippen LogP contribution in [0.1, 0.15) is 66.2 Å². The number of ether oxygens (including phenoxy) is 1. The molecule has 0 bridgehead atoms. The van der Waals surface area contributed by atoms with Crippen molar-refractivity contribution in [2.45, 2.75) is 66.2 Å². The first-order chi connectivity index (χ1) is 11.6. The van der Waals surface area contributed by atoms with Gasteiger partial charge in [-0.05, 0) is 49.9 Å². The van der Waals surface area contributed by atoms with Crippen molar-refractivity contribution in [3.05, 3.63) is 11.1 Å². The molecule has 0 spiro atoms. The summed E-state index contributed by atoms with van der Waals surface area (Å²) in [5.74, 6) is -2.38. The van der Waals surface area contributed by atoms with E-state index in [1.807, 2.05) is 0 Å². The number of Topliss-reactive ketones (excluding diaryl/α,β-unsaturated/α-hetero) is 1. The zero-order valence-electron chi connectivity index (χ0n) is 15.8. The van der Waals surface area contributed by atoms with Crippen LogP contribution < -0.4 is 0 Å². The second-order valence-electron chi connectivity index (χ2n) is 8.74. The SMILES string of the molecule is CC(C(=O)O)C1=C(C2(C)CCCC(C)(C)C2)CCC(COC=O)C1=O. The predicted molar refractivity (Wildman–Crippen MR) is 93.9 cm³/mol. The summed E-state index contributed by atoms with van der Waals surface area (Å²) >= 11 is 0. The summed E-state index contributed by atoms with van der Waals surface area (Å²) in [6.07, 6.45) is 5.53. The Morgan fingerprint density at radius 1 is 1.36 bits per heavy atom. The van der Waals surface area contributed by atoms with Crippen molar-refractivity contribution >= 4 is 18.2 Å². The summed E-state index contributed by atoms with van der Waals surface area (Å²) in [7, 11) is 0. The van der Waals surface area contributed by atoms with Gasteiger partial charge in [0.1, 0.15) is 6.61 Å². The Bertz CT molecular complexity index is 589. The van der Waals surface area contributed by atoms with Gasteiger partial charge >= 0.3 is 5.97 Å². The third-order valence-electron chi connectivity index (χ3n) is 6.05. The molecule has 1 saturated carbocycles. The number of aliphatic carboxylic acids is 1. The summed E-state index contributed by atoms with van der Waals surface area (Å²) in [6.45, 7) is 8.65. The minimum absolute atomic E-state index is 0.0354. The number of rotatable bonds is 6. The standard InChI is InChI=1S/C20H30O5/c1-13(18(23)24)16-15(7-6-14(17(16)22)10-25-12-21)20(4)9-5-8-19(2,3)11-20/h12-14H,5-11H2,1-4H3,(H,23,24). The monoisotopic (exact) mass is 350 g/mol. The highest BCUT2D eigenvalue weighted by Gasteiger charge is 2.45. The molecular formula is C20H30O5. The number of ketones is 1. The van der Waals surface area contributed by atoms with Crippen LogP contribution in [0.25, 0.3) is 0 Å². The molecule has 2 aliphatic rings. The summed E-state index contributed by atoms with van der Waals surface area (Å²) in [4.78, 5) is 35.1. The molecule has 2 aliphatic carbocycles. The van der Waals surface area contributed by atoms with Crippen molar-refractivity contribution in [2.24, 2.45) is 22.7 Å². The summed E-state index contributed by atoms with van der Waals surface area (Å²) in [5, 5.41) is 9.54. The van der Waals surface area contributed by atoms with Crippen LogP contribution in [0.4, 0.5) is 0 Å². The Balaban J connectivity index is 2.45. The van der Waals surface area contributed by atoms with E-state index < -0.39 is 17.8 Å². The second kappa shape index (κ2) is 7.30. The van der Waals surface area contributed by atoms with Gasteiger partial charge in [0, 0.05) is 5.57 Å². The van der Waals surface area contributed by atoms with Gasteiger partial charge in [0.05, 0.1) is 11.8 Å². The third kappa shape index (κ3) is 4.13. The average Bonchev–Trinajstić information content (AvgIpc) is 2.51. The maximum absolute atomic E-state index is 13.0. The lowest BCUT2D eigenvalue weighted by Crippen LogP contribution is -2.39. The van der Waals surface area contributed by atoms with Gasteiger partial charge in [0.15, 0.2) is 5.78 Å². The number of allylic oxidation sites excluding steroid dienone is 1.